The summed E-state index contributed by atoms with van der Waals surface area (Å²) >= 11 is 0. The summed E-state index contributed by atoms with van der Waals surface area (Å²) in [7, 11) is -1.57. The van der Waals surface area contributed by atoms with Crippen LogP contribution in [0.15, 0.2) is 39.9 Å². The predicted molar refractivity (Wildman–Crippen MR) is 122 cm³/mol. The zero-order chi connectivity index (χ0) is 23.8. The molecule has 9 nitrogen and oxygen atoms in total. The Morgan fingerprint density at radius 1 is 1.30 bits per heavy atom. The second kappa shape index (κ2) is 9.24. The molecule has 0 bridgehead atoms. The average molecular weight is 479 g/mol. The van der Waals surface area contributed by atoms with Crippen LogP contribution in [-0.2, 0) is 23.6 Å². The molecule has 1 aliphatic rings. The first-order valence-electron chi connectivity index (χ1n) is 10.6. The van der Waals surface area contributed by atoms with Gasteiger partial charge in [-0.3, -0.25) is 14.7 Å². The van der Waals surface area contributed by atoms with Crippen LogP contribution in [0.1, 0.15) is 12.7 Å². The van der Waals surface area contributed by atoms with Gasteiger partial charge >= 0.3 is 0 Å². The number of hydrogen-bond donors (Lipinski definition) is 0. The summed E-state index contributed by atoms with van der Waals surface area (Å²) in [5.74, 6) is 1.01. The van der Waals surface area contributed by atoms with Gasteiger partial charge in [0, 0.05) is 56.2 Å². The van der Waals surface area contributed by atoms with E-state index in [0.717, 1.165) is 0 Å². The highest BCUT2D eigenvalue weighted by atomic mass is 32.2. The van der Waals surface area contributed by atoms with Gasteiger partial charge in [0.1, 0.15) is 30.4 Å². The second-order valence-electron chi connectivity index (χ2n) is 8.26. The molecule has 1 atom stereocenters. The summed E-state index contributed by atoms with van der Waals surface area (Å²) in [5.41, 5.74) is 1.52. The first-order chi connectivity index (χ1) is 15.7. The standard InChI is InChI=1S/C22H27FN4O5S/c1-15-12-27(33(3,29)30)8-7-26(15)13-16-10-18-21(32-16)19(14-25(2)22(18)28)17-4-6-24-11-20(17)31-9-5-23/h4,6,10-11,14-15H,5,7-9,12-13H2,1-3H3/t15-/m1/s1. The molecular weight excluding hydrogens is 451 g/mol. The van der Waals surface area contributed by atoms with E-state index in [0.29, 0.717) is 59.8 Å². The molecule has 0 radical (unpaired) electrons. The number of aromatic nitrogens is 2. The van der Waals surface area contributed by atoms with Gasteiger partial charge < -0.3 is 13.7 Å². The summed E-state index contributed by atoms with van der Waals surface area (Å²) < 4.78 is 51.0. The van der Waals surface area contributed by atoms with Crippen molar-refractivity contribution in [3.8, 4) is 16.9 Å². The van der Waals surface area contributed by atoms with Gasteiger partial charge in [-0.25, -0.2) is 12.8 Å². The van der Waals surface area contributed by atoms with Crippen molar-refractivity contribution >= 4 is 21.0 Å². The van der Waals surface area contributed by atoms with Crippen molar-refractivity contribution in [2.24, 2.45) is 7.05 Å². The van der Waals surface area contributed by atoms with Crippen molar-refractivity contribution in [1.29, 1.82) is 0 Å². The summed E-state index contributed by atoms with van der Waals surface area (Å²) in [5, 5.41) is 0.431. The van der Waals surface area contributed by atoms with Crippen LogP contribution in [0, 0.1) is 0 Å². The fourth-order valence-electron chi connectivity index (χ4n) is 4.14. The van der Waals surface area contributed by atoms with Crippen molar-refractivity contribution in [2.75, 3.05) is 39.2 Å². The van der Waals surface area contributed by atoms with Crippen LogP contribution in [0.5, 0.6) is 5.75 Å². The average Bonchev–Trinajstić information content (AvgIpc) is 3.20. The number of pyridine rings is 2. The number of furan rings is 1. The van der Waals surface area contributed by atoms with Crippen LogP contribution in [0.3, 0.4) is 0 Å². The van der Waals surface area contributed by atoms with Gasteiger partial charge in [-0.2, -0.15) is 4.31 Å². The van der Waals surface area contributed by atoms with Crippen molar-refractivity contribution in [2.45, 2.75) is 19.5 Å². The highest BCUT2D eigenvalue weighted by Crippen LogP contribution is 2.35. The Morgan fingerprint density at radius 3 is 2.79 bits per heavy atom. The van der Waals surface area contributed by atoms with Crippen LogP contribution in [0.25, 0.3) is 22.1 Å². The molecule has 0 unspecified atom stereocenters. The summed E-state index contributed by atoms with van der Waals surface area (Å²) in [6, 6.07) is 3.46. The van der Waals surface area contributed by atoms with Crippen molar-refractivity contribution in [1.82, 2.24) is 18.8 Å². The SMILES string of the molecule is C[C@@H]1CN(S(C)(=O)=O)CCN1Cc1cc2c(=O)n(C)cc(-c3ccncc3OCCF)c2o1. The lowest BCUT2D eigenvalue weighted by Crippen LogP contribution is -2.52. The molecule has 33 heavy (non-hydrogen) atoms. The molecule has 0 aliphatic carbocycles. The van der Waals surface area contributed by atoms with Crippen molar-refractivity contribution in [3.63, 3.8) is 0 Å². The van der Waals surface area contributed by atoms with Crippen LogP contribution in [-0.4, -0.2) is 72.4 Å². The molecule has 11 heteroatoms. The maximum Gasteiger partial charge on any atom is 0.261 e. The Bertz CT molecular complexity index is 1320. The molecule has 1 fully saturated rings. The van der Waals surface area contributed by atoms with E-state index in [1.54, 1.807) is 31.6 Å². The predicted octanol–water partition coefficient (Wildman–Crippen LogP) is 2.01. The monoisotopic (exact) mass is 478 g/mol. The van der Waals surface area contributed by atoms with E-state index in [1.807, 2.05) is 6.92 Å². The molecule has 4 rings (SSSR count). The molecule has 0 spiro atoms. The van der Waals surface area contributed by atoms with Crippen molar-refractivity contribution in [3.05, 3.63) is 46.8 Å². The number of nitrogens with zero attached hydrogens (tertiary/aromatic N) is 4. The molecule has 1 aliphatic heterocycles. The summed E-state index contributed by atoms with van der Waals surface area (Å²) in [6.45, 7) is 3.04. The van der Waals surface area contributed by atoms with E-state index in [4.69, 9.17) is 9.15 Å². The smallest absolute Gasteiger partial charge is 0.261 e. The molecule has 1 saturated heterocycles. The maximum absolute atomic E-state index is 12.8. The molecular formula is C22H27FN4O5S. The quantitative estimate of drug-likeness (QED) is 0.512. The zero-order valence-electron chi connectivity index (χ0n) is 18.8. The van der Waals surface area contributed by atoms with E-state index in [2.05, 4.69) is 9.88 Å². The topological polar surface area (TPSA) is 97.9 Å². The molecule has 4 heterocycles. The highest BCUT2D eigenvalue weighted by molar-refractivity contribution is 7.88. The van der Waals surface area contributed by atoms with Crippen LogP contribution in [0.4, 0.5) is 4.39 Å². The molecule has 3 aromatic rings. The van der Waals surface area contributed by atoms with Crippen LogP contribution >= 0.6 is 0 Å². The minimum absolute atomic E-state index is 0.00936. The number of piperazine rings is 1. The largest absolute Gasteiger partial charge is 0.489 e. The van der Waals surface area contributed by atoms with E-state index >= 15 is 0 Å². The van der Waals surface area contributed by atoms with Gasteiger partial charge in [-0.15, -0.1) is 0 Å². The van der Waals surface area contributed by atoms with Gasteiger partial charge in [-0.1, -0.05) is 0 Å². The van der Waals surface area contributed by atoms with Crippen molar-refractivity contribution < 1.29 is 22.0 Å². The summed E-state index contributed by atoms with van der Waals surface area (Å²) in [6.07, 6.45) is 6.00. The third-order valence-corrected chi connectivity index (χ3v) is 7.14. The lowest BCUT2D eigenvalue weighted by Gasteiger charge is -2.38. The van der Waals surface area contributed by atoms with E-state index < -0.39 is 16.7 Å². The number of sulfonamides is 1. The number of aryl methyl sites for hydroxylation is 1. The second-order valence-corrected chi connectivity index (χ2v) is 10.2. The number of halogens is 1. The zero-order valence-corrected chi connectivity index (χ0v) is 19.6. The van der Waals surface area contributed by atoms with Gasteiger partial charge in [0.05, 0.1) is 24.4 Å². The molecule has 0 N–H and O–H groups in total. The number of hydrogen-bond acceptors (Lipinski definition) is 7. The van der Waals surface area contributed by atoms with Gasteiger partial charge in [0.25, 0.3) is 5.56 Å². The normalized spacial score (nSPS) is 18.1. The fourth-order valence-corrected chi connectivity index (χ4v) is 5.04. The Morgan fingerprint density at radius 2 is 2.09 bits per heavy atom. The number of alkyl halides is 1. The van der Waals surface area contributed by atoms with Crippen LogP contribution in [0.2, 0.25) is 0 Å². The first kappa shape index (κ1) is 23.4. The van der Waals surface area contributed by atoms with Gasteiger partial charge in [0.2, 0.25) is 10.0 Å². The minimum atomic E-state index is -3.23. The number of fused-ring (bicyclic) bond motifs is 1. The molecule has 178 valence electrons. The Hall–Kier alpha value is -2.76. The summed E-state index contributed by atoms with van der Waals surface area (Å²) in [4.78, 5) is 19.0. The van der Waals surface area contributed by atoms with E-state index in [1.165, 1.54) is 21.3 Å². The third kappa shape index (κ3) is 4.80. The van der Waals surface area contributed by atoms with E-state index in [-0.39, 0.29) is 18.2 Å². The maximum atomic E-state index is 12.8. The van der Waals surface area contributed by atoms with Gasteiger partial charge in [0.15, 0.2) is 0 Å². The molecule has 3 aromatic heterocycles. The van der Waals surface area contributed by atoms with Gasteiger partial charge in [-0.05, 0) is 19.1 Å². The Balaban J connectivity index is 1.69. The third-order valence-electron chi connectivity index (χ3n) is 5.87. The lowest BCUT2D eigenvalue weighted by molar-refractivity contribution is 0.115. The minimum Gasteiger partial charge on any atom is -0.489 e. The highest BCUT2D eigenvalue weighted by Gasteiger charge is 2.29. The number of rotatable bonds is 7. The van der Waals surface area contributed by atoms with Crippen LogP contribution < -0.4 is 10.3 Å². The molecule has 0 saturated carbocycles. The fraction of sp³-hybridized carbons (Fsp3) is 0.455. The molecule has 0 amide bonds. The van der Waals surface area contributed by atoms with E-state index in [9.17, 15) is 17.6 Å². The first-order valence-corrected chi connectivity index (χ1v) is 12.5. The Labute approximate surface area is 191 Å². The lowest BCUT2D eigenvalue weighted by atomic mass is 10.1. The Kier molecular flexibility index (Phi) is 6.55. The number of ether oxygens (including phenoxy) is 1. The molecule has 0 aromatic carbocycles.